The Balaban J connectivity index is 1.75. The zero-order chi connectivity index (χ0) is 17.8. The monoisotopic (exact) mass is 335 g/mol. The quantitative estimate of drug-likeness (QED) is 0.765. The van der Waals surface area contributed by atoms with Crippen LogP contribution in [0.1, 0.15) is 26.3 Å². The van der Waals surface area contributed by atoms with Crippen molar-refractivity contribution in [2.24, 2.45) is 0 Å². The molecule has 0 atom stereocenters. The number of anilines is 1. The van der Waals surface area contributed by atoms with Gasteiger partial charge >= 0.3 is 0 Å². The van der Waals surface area contributed by atoms with Gasteiger partial charge in [0.05, 0.1) is 0 Å². The van der Waals surface area contributed by atoms with Crippen LogP contribution < -0.4 is 10.6 Å². The molecule has 2 amide bonds. The molecule has 0 aliphatic heterocycles. The summed E-state index contributed by atoms with van der Waals surface area (Å²) in [6, 6.07) is 12.3. The molecular weight excluding hydrogens is 318 g/mol. The van der Waals surface area contributed by atoms with Crippen LogP contribution in [-0.4, -0.2) is 33.6 Å². The first kappa shape index (κ1) is 16.4. The second-order valence-electron chi connectivity index (χ2n) is 5.48. The maximum Gasteiger partial charge on any atom is 0.255 e. The predicted molar refractivity (Wildman–Crippen MR) is 93.9 cm³/mol. The van der Waals surface area contributed by atoms with E-state index in [1.165, 1.54) is 0 Å². The highest BCUT2D eigenvalue weighted by Gasteiger charge is 2.10. The Hall–Kier alpha value is -3.48. The Morgan fingerprint density at radius 2 is 1.56 bits per heavy atom. The van der Waals surface area contributed by atoms with Gasteiger partial charge in [-0.05, 0) is 55.0 Å². The summed E-state index contributed by atoms with van der Waals surface area (Å²) in [5.74, 6) is -0.378. The van der Waals surface area contributed by atoms with Gasteiger partial charge in [0.1, 0.15) is 12.7 Å². The molecule has 1 heterocycles. The van der Waals surface area contributed by atoms with Crippen molar-refractivity contribution in [1.82, 2.24) is 20.1 Å². The van der Waals surface area contributed by atoms with Gasteiger partial charge in [0.2, 0.25) is 0 Å². The molecule has 3 aromatic rings. The molecule has 7 heteroatoms. The van der Waals surface area contributed by atoms with Crippen molar-refractivity contribution in [3.8, 4) is 5.69 Å². The standard InChI is InChI=1S/C18H17N5O2/c1-12-9-14(17(24)19-2)5-8-16(12)22-18(25)13-3-6-15(7-4-13)23-10-20-21-11-23/h3-11H,1-2H3,(H,19,24)(H,22,25). The van der Waals surface area contributed by atoms with Crippen molar-refractivity contribution in [1.29, 1.82) is 0 Å². The van der Waals surface area contributed by atoms with Crippen LogP contribution in [-0.2, 0) is 0 Å². The number of aryl methyl sites for hydroxylation is 1. The highest BCUT2D eigenvalue weighted by Crippen LogP contribution is 2.18. The maximum atomic E-state index is 12.4. The third-order valence-electron chi connectivity index (χ3n) is 3.81. The number of hydrogen-bond donors (Lipinski definition) is 2. The van der Waals surface area contributed by atoms with Crippen molar-refractivity contribution in [2.75, 3.05) is 12.4 Å². The third kappa shape index (κ3) is 3.55. The second-order valence-corrected chi connectivity index (χ2v) is 5.48. The van der Waals surface area contributed by atoms with Crippen molar-refractivity contribution in [3.63, 3.8) is 0 Å². The molecule has 0 bridgehead atoms. The summed E-state index contributed by atoms with van der Waals surface area (Å²) < 4.78 is 1.75. The molecule has 0 saturated heterocycles. The number of rotatable bonds is 4. The predicted octanol–water partition coefficient (Wildman–Crippen LogP) is 2.19. The summed E-state index contributed by atoms with van der Waals surface area (Å²) >= 11 is 0. The molecule has 0 fully saturated rings. The van der Waals surface area contributed by atoms with Gasteiger partial charge in [-0.2, -0.15) is 0 Å². The van der Waals surface area contributed by atoms with Gasteiger partial charge in [-0.25, -0.2) is 0 Å². The largest absolute Gasteiger partial charge is 0.355 e. The van der Waals surface area contributed by atoms with Crippen molar-refractivity contribution in [2.45, 2.75) is 6.92 Å². The van der Waals surface area contributed by atoms with E-state index in [0.717, 1.165) is 11.3 Å². The average molecular weight is 335 g/mol. The Labute approximate surface area is 144 Å². The molecule has 0 unspecified atom stereocenters. The summed E-state index contributed by atoms with van der Waals surface area (Å²) in [6.07, 6.45) is 3.18. The van der Waals surface area contributed by atoms with Gasteiger partial charge < -0.3 is 10.6 Å². The van der Waals surface area contributed by atoms with Crippen molar-refractivity contribution >= 4 is 17.5 Å². The Bertz CT molecular complexity index is 902. The molecule has 25 heavy (non-hydrogen) atoms. The fourth-order valence-electron chi connectivity index (χ4n) is 2.40. The van der Waals surface area contributed by atoms with Crippen molar-refractivity contribution in [3.05, 3.63) is 71.8 Å². The molecule has 0 spiro atoms. The number of nitrogens with zero attached hydrogens (tertiary/aromatic N) is 3. The van der Waals surface area contributed by atoms with Crippen LogP contribution in [0.2, 0.25) is 0 Å². The van der Waals surface area contributed by atoms with Crippen molar-refractivity contribution < 1.29 is 9.59 Å². The van der Waals surface area contributed by atoms with Crippen LogP contribution in [0.5, 0.6) is 0 Å². The number of nitrogens with one attached hydrogen (secondary N) is 2. The second kappa shape index (κ2) is 6.96. The van der Waals surface area contributed by atoms with Gasteiger partial charge in [0.15, 0.2) is 0 Å². The third-order valence-corrected chi connectivity index (χ3v) is 3.81. The van der Waals surface area contributed by atoms with E-state index in [9.17, 15) is 9.59 Å². The Morgan fingerprint density at radius 3 is 2.16 bits per heavy atom. The van der Waals surface area contributed by atoms with Gasteiger partial charge in [0, 0.05) is 29.5 Å². The lowest BCUT2D eigenvalue weighted by Gasteiger charge is -2.10. The first-order chi connectivity index (χ1) is 12.1. The number of carbonyl (C=O) groups is 2. The lowest BCUT2D eigenvalue weighted by atomic mass is 10.1. The molecule has 2 aromatic carbocycles. The van der Waals surface area contributed by atoms with Gasteiger partial charge in [-0.1, -0.05) is 0 Å². The van der Waals surface area contributed by atoms with Gasteiger partial charge in [-0.3, -0.25) is 14.2 Å². The smallest absolute Gasteiger partial charge is 0.255 e. The van der Waals surface area contributed by atoms with E-state index in [2.05, 4.69) is 20.8 Å². The van der Waals surface area contributed by atoms with Gasteiger partial charge in [0.25, 0.3) is 11.8 Å². The zero-order valence-electron chi connectivity index (χ0n) is 13.9. The average Bonchev–Trinajstić information content (AvgIpc) is 3.17. The summed E-state index contributed by atoms with van der Waals surface area (Å²) in [6.45, 7) is 1.84. The highest BCUT2D eigenvalue weighted by atomic mass is 16.2. The fraction of sp³-hybridized carbons (Fsp3) is 0.111. The zero-order valence-corrected chi connectivity index (χ0v) is 13.9. The summed E-state index contributed by atoms with van der Waals surface area (Å²) in [7, 11) is 1.58. The van der Waals surface area contributed by atoms with E-state index in [1.54, 1.807) is 54.6 Å². The first-order valence-corrected chi connectivity index (χ1v) is 7.67. The number of hydrogen-bond acceptors (Lipinski definition) is 4. The van der Waals surface area contributed by atoms with E-state index in [0.29, 0.717) is 16.8 Å². The maximum absolute atomic E-state index is 12.4. The molecule has 0 radical (unpaired) electrons. The molecule has 0 aliphatic carbocycles. The fourth-order valence-corrected chi connectivity index (χ4v) is 2.40. The topological polar surface area (TPSA) is 88.9 Å². The normalized spacial score (nSPS) is 10.3. The molecular formula is C18H17N5O2. The minimum absolute atomic E-state index is 0.162. The molecule has 7 nitrogen and oxygen atoms in total. The molecule has 126 valence electrons. The minimum atomic E-state index is -0.217. The number of amides is 2. The molecule has 0 saturated carbocycles. The lowest BCUT2D eigenvalue weighted by molar-refractivity contribution is 0.0962. The number of benzene rings is 2. The molecule has 2 N–H and O–H groups in total. The Kier molecular flexibility index (Phi) is 4.56. The SMILES string of the molecule is CNC(=O)c1ccc(NC(=O)c2ccc(-n3cnnc3)cc2)c(C)c1. The van der Waals surface area contributed by atoms with E-state index in [1.807, 2.05) is 19.1 Å². The van der Waals surface area contributed by atoms with E-state index < -0.39 is 0 Å². The minimum Gasteiger partial charge on any atom is -0.355 e. The lowest BCUT2D eigenvalue weighted by Crippen LogP contribution is -2.18. The van der Waals surface area contributed by atoms with E-state index >= 15 is 0 Å². The van der Waals surface area contributed by atoms with Gasteiger partial charge in [-0.15, -0.1) is 10.2 Å². The summed E-state index contributed by atoms with van der Waals surface area (Å²) in [4.78, 5) is 24.1. The Morgan fingerprint density at radius 1 is 0.920 bits per heavy atom. The van der Waals surface area contributed by atoms with Crippen LogP contribution in [0.4, 0.5) is 5.69 Å². The number of aromatic nitrogens is 3. The molecule has 1 aromatic heterocycles. The molecule has 0 aliphatic rings. The summed E-state index contributed by atoms with van der Waals surface area (Å²) in [5.41, 5.74) is 3.44. The summed E-state index contributed by atoms with van der Waals surface area (Å²) in [5, 5.41) is 12.9. The molecule has 3 rings (SSSR count). The van der Waals surface area contributed by atoms with Crippen LogP contribution in [0.25, 0.3) is 5.69 Å². The van der Waals surface area contributed by atoms with Crippen LogP contribution >= 0.6 is 0 Å². The first-order valence-electron chi connectivity index (χ1n) is 7.67. The van der Waals surface area contributed by atoms with E-state index in [4.69, 9.17) is 0 Å². The van der Waals surface area contributed by atoms with Crippen LogP contribution in [0, 0.1) is 6.92 Å². The van der Waals surface area contributed by atoms with Crippen LogP contribution in [0.3, 0.4) is 0 Å². The van der Waals surface area contributed by atoms with E-state index in [-0.39, 0.29) is 11.8 Å². The van der Waals surface area contributed by atoms with Crippen LogP contribution in [0.15, 0.2) is 55.1 Å². The number of carbonyl (C=O) groups excluding carboxylic acids is 2. The highest BCUT2D eigenvalue weighted by molar-refractivity contribution is 6.05.